The number of hydrogen-bond acceptors (Lipinski definition) is 6. The molecule has 0 unspecified atom stereocenters. The molecule has 11 aromatic rings. The lowest BCUT2D eigenvalue weighted by Gasteiger charge is -2.09. The Labute approximate surface area is 464 Å². The van der Waals surface area contributed by atoms with E-state index in [1.165, 1.54) is 0 Å². The van der Waals surface area contributed by atoms with Crippen molar-refractivity contribution in [2.75, 3.05) is 28.4 Å². The second-order valence-corrected chi connectivity index (χ2v) is 19.7. The molecular weight excluding hydrogens is 985 g/mol. The number of methoxy groups -OCH3 is 4. The van der Waals surface area contributed by atoms with E-state index in [1.54, 1.807) is 28.4 Å². The van der Waals surface area contributed by atoms with Crippen LogP contribution in [-0.4, -0.2) is 48.4 Å². The normalized spacial score (nSPS) is 11.7. The predicted molar refractivity (Wildman–Crippen MR) is 329 cm³/mol. The van der Waals surface area contributed by atoms with Crippen molar-refractivity contribution < 1.29 is 18.9 Å². The third-order valence-electron chi connectivity index (χ3n) is 15.1. The van der Waals surface area contributed by atoms with Crippen LogP contribution in [0.5, 0.6) is 23.0 Å². The number of nitrogens with one attached hydrogen (secondary N) is 2. The van der Waals surface area contributed by atoms with Gasteiger partial charge in [0.2, 0.25) is 0 Å². The van der Waals surface area contributed by atoms with Crippen LogP contribution in [0.2, 0.25) is 0 Å². The molecule has 2 aliphatic rings. The van der Waals surface area contributed by atoms with Crippen LogP contribution in [0.3, 0.4) is 0 Å². The summed E-state index contributed by atoms with van der Waals surface area (Å²) >= 11 is 0. The summed E-state index contributed by atoms with van der Waals surface area (Å²) in [5.41, 5.74) is 23.8. The number of nitrogens with zero attached hydrogens (tertiary/aromatic N) is 2. The molecular formula is C72H54N4O4. The Balaban J connectivity index is 1.06. The molecule has 0 atom stereocenters. The van der Waals surface area contributed by atoms with E-state index in [9.17, 15) is 0 Å². The van der Waals surface area contributed by atoms with E-state index >= 15 is 0 Å². The summed E-state index contributed by atoms with van der Waals surface area (Å²) in [5.74, 6) is 3.28. The van der Waals surface area contributed by atoms with Crippen molar-refractivity contribution in [1.29, 1.82) is 0 Å². The van der Waals surface area contributed by atoms with Crippen LogP contribution >= 0.6 is 0 Å². The van der Waals surface area contributed by atoms with Gasteiger partial charge in [-0.15, -0.1) is 0 Å². The van der Waals surface area contributed by atoms with E-state index in [2.05, 4.69) is 204 Å². The number of ether oxygens (including phenoxy) is 4. The Kier molecular flexibility index (Phi) is 13.0. The molecule has 13 rings (SSSR count). The summed E-state index contributed by atoms with van der Waals surface area (Å²) in [5, 5.41) is 0. The van der Waals surface area contributed by atoms with Gasteiger partial charge in [-0.05, 0) is 164 Å². The summed E-state index contributed by atoms with van der Waals surface area (Å²) in [6, 6.07) is 76.3. The highest BCUT2D eigenvalue weighted by atomic mass is 16.5. The minimum atomic E-state index is 0.819. The van der Waals surface area contributed by atoms with Gasteiger partial charge in [-0.1, -0.05) is 146 Å². The maximum Gasteiger partial charge on any atom is 0.118 e. The number of fused-ring (bicyclic) bond motifs is 8. The van der Waals surface area contributed by atoms with Gasteiger partial charge in [-0.3, -0.25) is 0 Å². The molecule has 5 heterocycles. The topological polar surface area (TPSA) is 94.3 Å². The van der Waals surface area contributed by atoms with Crippen molar-refractivity contribution in [2.24, 2.45) is 0 Å². The maximum absolute atomic E-state index is 5.60. The first-order valence-corrected chi connectivity index (χ1v) is 26.6. The second-order valence-electron chi connectivity index (χ2n) is 19.7. The van der Waals surface area contributed by atoms with Crippen LogP contribution in [0.4, 0.5) is 0 Å². The zero-order chi connectivity index (χ0) is 54.1. The van der Waals surface area contributed by atoms with Crippen LogP contribution in [0, 0.1) is 0 Å². The molecule has 80 heavy (non-hydrogen) atoms. The van der Waals surface area contributed by atoms with Gasteiger partial charge in [0, 0.05) is 44.3 Å². The fraction of sp³-hybridized carbons (Fsp3) is 0.0556. The Morgan fingerprint density at radius 3 is 0.550 bits per heavy atom. The van der Waals surface area contributed by atoms with Crippen LogP contribution in [0.25, 0.3) is 135 Å². The lowest BCUT2D eigenvalue weighted by Crippen LogP contribution is -1.90. The lowest BCUT2D eigenvalue weighted by atomic mass is 9.99. The molecule has 8 aromatic carbocycles. The molecule has 0 saturated heterocycles. The molecule has 2 aliphatic heterocycles. The van der Waals surface area contributed by atoms with Crippen molar-refractivity contribution in [3.63, 3.8) is 0 Å². The average molecular weight is 1040 g/mol. The second kappa shape index (κ2) is 21.2. The van der Waals surface area contributed by atoms with E-state index in [0.717, 1.165) is 157 Å². The Hall–Kier alpha value is -10.4. The summed E-state index contributed by atoms with van der Waals surface area (Å²) in [6.45, 7) is 0. The molecule has 0 radical (unpaired) electrons. The summed E-state index contributed by atoms with van der Waals surface area (Å²) in [7, 11) is 6.76. The minimum Gasteiger partial charge on any atom is -0.497 e. The summed E-state index contributed by atoms with van der Waals surface area (Å²) in [4.78, 5) is 19.1. The highest BCUT2D eigenvalue weighted by molar-refractivity contribution is 6.00. The van der Waals surface area contributed by atoms with Crippen molar-refractivity contribution >= 4 is 46.4 Å². The smallest absolute Gasteiger partial charge is 0.118 e. The third-order valence-corrected chi connectivity index (χ3v) is 15.1. The molecule has 0 amide bonds. The molecule has 8 nitrogen and oxygen atoms in total. The van der Waals surface area contributed by atoms with Gasteiger partial charge in [0.25, 0.3) is 0 Å². The van der Waals surface area contributed by atoms with Crippen LogP contribution < -0.4 is 18.9 Å². The van der Waals surface area contributed by atoms with Gasteiger partial charge in [-0.25, -0.2) is 9.97 Å². The molecule has 8 heteroatoms. The number of aromatic nitrogens is 4. The third kappa shape index (κ3) is 9.49. The van der Waals surface area contributed by atoms with E-state index < -0.39 is 0 Å². The molecule has 2 N–H and O–H groups in total. The minimum absolute atomic E-state index is 0.819. The number of aromatic amines is 2. The summed E-state index contributed by atoms with van der Waals surface area (Å²) in [6.07, 6.45) is 8.58. The van der Waals surface area contributed by atoms with Crippen LogP contribution in [-0.2, 0) is 0 Å². The summed E-state index contributed by atoms with van der Waals surface area (Å²) < 4.78 is 21.9. The van der Waals surface area contributed by atoms with Gasteiger partial charge in [0.05, 0.1) is 51.2 Å². The van der Waals surface area contributed by atoms with Gasteiger partial charge < -0.3 is 28.9 Å². The molecule has 0 aliphatic carbocycles. The highest BCUT2D eigenvalue weighted by Crippen LogP contribution is 2.41. The Morgan fingerprint density at radius 1 is 0.212 bits per heavy atom. The van der Waals surface area contributed by atoms with E-state index in [-0.39, 0.29) is 0 Å². The monoisotopic (exact) mass is 1040 g/mol. The van der Waals surface area contributed by atoms with E-state index in [1.807, 2.05) is 48.5 Å². The molecule has 8 bridgehead atoms. The van der Waals surface area contributed by atoms with Crippen molar-refractivity contribution in [3.8, 4) is 112 Å². The molecule has 0 fully saturated rings. The van der Waals surface area contributed by atoms with E-state index in [0.29, 0.717) is 0 Å². The van der Waals surface area contributed by atoms with E-state index in [4.69, 9.17) is 28.9 Å². The number of rotatable bonds is 12. The predicted octanol–water partition coefficient (Wildman–Crippen LogP) is 18.0. The Morgan fingerprint density at radius 2 is 0.375 bits per heavy atom. The largest absolute Gasteiger partial charge is 0.497 e. The first-order chi connectivity index (χ1) is 39.4. The van der Waals surface area contributed by atoms with Crippen LogP contribution in [0.1, 0.15) is 22.8 Å². The van der Waals surface area contributed by atoms with Crippen molar-refractivity contribution in [1.82, 2.24) is 19.9 Å². The number of hydrogen-bond donors (Lipinski definition) is 2. The molecule has 0 spiro atoms. The highest BCUT2D eigenvalue weighted by Gasteiger charge is 2.20. The maximum atomic E-state index is 5.60. The fourth-order valence-corrected chi connectivity index (χ4v) is 10.9. The van der Waals surface area contributed by atoms with Gasteiger partial charge in [-0.2, -0.15) is 0 Å². The molecule has 3 aromatic heterocycles. The molecule has 386 valence electrons. The van der Waals surface area contributed by atoms with Gasteiger partial charge >= 0.3 is 0 Å². The molecule has 0 saturated carbocycles. The van der Waals surface area contributed by atoms with Crippen molar-refractivity contribution in [2.45, 2.75) is 0 Å². The van der Waals surface area contributed by atoms with Crippen molar-refractivity contribution in [3.05, 3.63) is 241 Å². The van der Waals surface area contributed by atoms with Gasteiger partial charge in [0.15, 0.2) is 0 Å². The first-order valence-electron chi connectivity index (χ1n) is 26.6. The zero-order valence-electron chi connectivity index (χ0n) is 44.6. The quantitative estimate of drug-likeness (QED) is 0.127. The average Bonchev–Trinajstić information content (AvgIpc) is 4.39. The SMILES string of the molecule is COc1ccc(-c2ccc(-c3c4nc(c(-c5ccc(-c6ccc(OC)cc6)cc5)c5ccc([nH]5)c(-c5ccc(-c6ccc(OC)cc6)cc5)c5nc(c(-c6ccc(-c7ccc(OC)cc7)cc6)c6ccc3[nH]6)C=C5)C=C4)cc2)cc1. The number of H-pyrrole nitrogens is 2. The fourth-order valence-electron chi connectivity index (χ4n) is 10.9. The zero-order valence-corrected chi connectivity index (χ0v) is 44.6. The lowest BCUT2D eigenvalue weighted by molar-refractivity contribution is 0.415. The standard InChI is InChI=1S/C72H54N4O4/c1-77-57-29-21-49(22-30-57)45-5-13-53(14-6-45)69-61-37-39-63(73-61)70(54-15-7-46(8-16-54)50-23-31-58(78-2)32-24-50)65-41-43-67(75-65)72(56-19-11-48(12-20-56)52-27-35-60(80-4)36-28-52)68-44-42-66(76-68)71(64-40-38-62(69)74-64)55-17-9-47(10-18-55)51-25-33-59(79-3)34-26-51/h5-44,73,76H,1-4H3. The van der Waals surface area contributed by atoms with Crippen LogP contribution in [0.15, 0.2) is 218 Å². The first kappa shape index (κ1) is 49.2. The number of benzene rings is 8. The Bertz CT molecular complexity index is 3750. The van der Waals surface area contributed by atoms with Gasteiger partial charge in [0.1, 0.15) is 23.0 Å².